The van der Waals surface area contributed by atoms with E-state index in [0.29, 0.717) is 0 Å². The first kappa shape index (κ1) is 13.4. The van der Waals surface area contributed by atoms with Crippen LogP contribution in [0.4, 0.5) is 0 Å². The lowest BCUT2D eigenvalue weighted by Gasteiger charge is -2.01. The molecule has 0 radical (unpaired) electrons. The van der Waals surface area contributed by atoms with E-state index in [2.05, 4.69) is 0 Å². The first-order valence-corrected chi connectivity index (χ1v) is 6.47. The van der Waals surface area contributed by atoms with Crippen LogP contribution < -0.4 is 0 Å². The molecule has 1 aromatic rings. The van der Waals surface area contributed by atoms with Crippen molar-refractivity contribution in [3.8, 4) is 0 Å². The summed E-state index contributed by atoms with van der Waals surface area (Å²) in [7, 11) is 5.91. The van der Waals surface area contributed by atoms with Crippen molar-refractivity contribution in [2.75, 3.05) is 14.1 Å². The molecule has 0 N–H and O–H groups in total. The predicted molar refractivity (Wildman–Crippen MR) is 78.5 cm³/mol. The summed E-state index contributed by atoms with van der Waals surface area (Å²) in [4.78, 5) is 14.2. The Bertz CT molecular complexity index is 559. The Morgan fingerprint density at radius 3 is 2.63 bits per heavy atom. The van der Waals surface area contributed by atoms with E-state index < -0.39 is 0 Å². The van der Waals surface area contributed by atoms with Crippen LogP contribution in [-0.2, 0) is 11.8 Å². The van der Waals surface area contributed by atoms with Crippen molar-refractivity contribution < 1.29 is 4.79 Å². The Kier molecular flexibility index (Phi) is 4.05. The molecular weight excluding hydrogens is 236 g/mol. The van der Waals surface area contributed by atoms with Gasteiger partial charge in [0.15, 0.2) is 5.78 Å². The molecule has 19 heavy (non-hydrogen) atoms. The fourth-order valence-corrected chi connectivity index (χ4v) is 2.14. The van der Waals surface area contributed by atoms with Crippen molar-refractivity contribution in [2.45, 2.75) is 12.8 Å². The van der Waals surface area contributed by atoms with Gasteiger partial charge in [0.1, 0.15) is 0 Å². The molecule has 0 aliphatic heterocycles. The number of aryl methyl sites for hydroxylation is 1. The summed E-state index contributed by atoms with van der Waals surface area (Å²) in [5.74, 6) is 0.187. The molecule has 1 fully saturated rings. The highest BCUT2D eigenvalue weighted by atomic mass is 16.1. The maximum absolute atomic E-state index is 12.2. The standard InChI is InChI=1S/C16H20N2O/c1-17(2)9-4-5-14-6-7-15(16(14)19)11-13-8-10-18(3)12-13/h4-5,8-12H,6-7H2,1-3H3/b9-4+,14-5+,15-11+. The highest BCUT2D eigenvalue weighted by molar-refractivity contribution is 6.13. The molecule has 3 heteroatoms. The van der Waals surface area contributed by atoms with Crippen LogP contribution in [0, 0.1) is 0 Å². The molecule has 100 valence electrons. The molecule has 2 rings (SSSR count). The molecule has 0 bridgehead atoms. The van der Waals surface area contributed by atoms with Gasteiger partial charge in [0.2, 0.25) is 0 Å². The Morgan fingerprint density at radius 2 is 2.00 bits per heavy atom. The number of rotatable bonds is 3. The van der Waals surface area contributed by atoms with Crippen molar-refractivity contribution in [1.82, 2.24) is 9.47 Å². The van der Waals surface area contributed by atoms with Gasteiger partial charge in [-0.1, -0.05) is 6.08 Å². The molecule has 1 aliphatic rings. The summed E-state index contributed by atoms with van der Waals surface area (Å²) in [6.45, 7) is 0. The third-order valence-electron chi connectivity index (χ3n) is 3.12. The first-order chi connectivity index (χ1) is 9.06. The topological polar surface area (TPSA) is 25.2 Å². The van der Waals surface area contributed by atoms with Crippen molar-refractivity contribution in [1.29, 1.82) is 0 Å². The minimum atomic E-state index is 0.187. The van der Waals surface area contributed by atoms with Crippen molar-refractivity contribution in [3.05, 3.63) is 53.5 Å². The van der Waals surface area contributed by atoms with Gasteiger partial charge in [-0.15, -0.1) is 0 Å². The number of nitrogens with zero attached hydrogens (tertiary/aromatic N) is 2. The maximum Gasteiger partial charge on any atom is 0.185 e. The second kappa shape index (κ2) is 5.74. The zero-order valence-corrected chi connectivity index (χ0v) is 11.8. The quantitative estimate of drug-likeness (QED) is 0.777. The minimum Gasteiger partial charge on any atom is -0.383 e. The van der Waals surface area contributed by atoms with E-state index in [0.717, 1.165) is 29.6 Å². The van der Waals surface area contributed by atoms with Gasteiger partial charge >= 0.3 is 0 Å². The maximum atomic E-state index is 12.2. The van der Waals surface area contributed by atoms with Gasteiger partial charge in [-0.2, -0.15) is 0 Å². The first-order valence-electron chi connectivity index (χ1n) is 6.47. The Hall–Kier alpha value is -2.03. The highest BCUT2D eigenvalue weighted by Crippen LogP contribution is 2.27. The summed E-state index contributed by atoms with van der Waals surface area (Å²) in [6, 6.07) is 2.02. The Labute approximate surface area is 114 Å². The van der Waals surface area contributed by atoms with Gasteiger partial charge in [0, 0.05) is 44.7 Å². The molecule has 0 atom stereocenters. The highest BCUT2D eigenvalue weighted by Gasteiger charge is 2.22. The summed E-state index contributed by atoms with van der Waals surface area (Å²) < 4.78 is 1.99. The molecule has 1 aliphatic carbocycles. The lowest BCUT2D eigenvalue weighted by Crippen LogP contribution is -2.00. The van der Waals surface area contributed by atoms with E-state index in [1.165, 1.54) is 0 Å². The largest absolute Gasteiger partial charge is 0.383 e. The van der Waals surface area contributed by atoms with Crippen LogP contribution in [0.15, 0.2) is 48.0 Å². The minimum absolute atomic E-state index is 0.187. The van der Waals surface area contributed by atoms with Gasteiger partial charge < -0.3 is 9.47 Å². The number of allylic oxidation sites excluding steroid dienone is 4. The second-order valence-electron chi connectivity index (χ2n) is 5.11. The van der Waals surface area contributed by atoms with Crippen molar-refractivity contribution in [3.63, 3.8) is 0 Å². The van der Waals surface area contributed by atoms with E-state index in [9.17, 15) is 4.79 Å². The number of aromatic nitrogens is 1. The number of hydrogen-bond donors (Lipinski definition) is 0. The van der Waals surface area contributed by atoms with Gasteiger partial charge in [-0.05, 0) is 42.8 Å². The molecule has 1 aromatic heterocycles. The second-order valence-corrected chi connectivity index (χ2v) is 5.11. The van der Waals surface area contributed by atoms with E-state index in [1.807, 2.05) is 73.5 Å². The Morgan fingerprint density at radius 1 is 1.26 bits per heavy atom. The molecule has 0 saturated heterocycles. The zero-order valence-electron chi connectivity index (χ0n) is 11.8. The Balaban J connectivity index is 2.12. The molecular formula is C16H20N2O. The van der Waals surface area contributed by atoms with Gasteiger partial charge in [-0.25, -0.2) is 0 Å². The lowest BCUT2D eigenvalue weighted by atomic mass is 10.1. The van der Waals surface area contributed by atoms with Crippen LogP contribution in [-0.4, -0.2) is 29.3 Å². The molecule has 1 heterocycles. The fraction of sp³-hybridized carbons (Fsp3) is 0.312. The van der Waals surface area contributed by atoms with Crippen molar-refractivity contribution in [2.24, 2.45) is 7.05 Å². The molecule has 0 aromatic carbocycles. The molecule has 1 saturated carbocycles. The van der Waals surface area contributed by atoms with Crippen molar-refractivity contribution >= 4 is 11.9 Å². The summed E-state index contributed by atoms with van der Waals surface area (Å²) in [5.41, 5.74) is 2.91. The molecule has 0 spiro atoms. The molecule has 3 nitrogen and oxygen atoms in total. The van der Waals surface area contributed by atoms with Crippen LogP contribution in [0.3, 0.4) is 0 Å². The normalized spacial score (nSPS) is 20.1. The summed E-state index contributed by atoms with van der Waals surface area (Å²) in [6.07, 6.45) is 13.5. The van der Waals surface area contributed by atoms with Crippen LogP contribution >= 0.6 is 0 Å². The van der Waals surface area contributed by atoms with E-state index in [1.54, 1.807) is 0 Å². The average Bonchev–Trinajstić information content (AvgIpc) is 2.89. The number of Topliss-reactive ketones (excluding diaryl/α,β-unsaturated/α-hetero) is 1. The third-order valence-corrected chi connectivity index (χ3v) is 3.12. The van der Waals surface area contributed by atoms with E-state index in [4.69, 9.17) is 0 Å². The smallest absolute Gasteiger partial charge is 0.185 e. The summed E-state index contributed by atoms with van der Waals surface area (Å²) >= 11 is 0. The van der Waals surface area contributed by atoms with Crippen LogP contribution in [0.5, 0.6) is 0 Å². The predicted octanol–water partition coefficient (Wildman–Crippen LogP) is 2.77. The zero-order chi connectivity index (χ0) is 13.8. The monoisotopic (exact) mass is 256 g/mol. The number of carbonyl (C=O) groups is 1. The average molecular weight is 256 g/mol. The van der Waals surface area contributed by atoms with E-state index >= 15 is 0 Å². The number of carbonyl (C=O) groups excluding carboxylic acids is 1. The van der Waals surface area contributed by atoms with Gasteiger partial charge in [0.05, 0.1) is 0 Å². The van der Waals surface area contributed by atoms with Gasteiger partial charge in [-0.3, -0.25) is 4.79 Å². The fourth-order valence-electron chi connectivity index (χ4n) is 2.14. The van der Waals surface area contributed by atoms with Crippen LogP contribution in [0.25, 0.3) is 6.08 Å². The van der Waals surface area contributed by atoms with Crippen LogP contribution in [0.2, 0.25) is 0 Å². The number of ketones is 1. The summed E-state index contributed by atoms with van der Waals surface area (Å²) in [5, 5.41) is 0. The van der Waals surface area contributed by atoms with Gasteiger partial charge in [0.25, 0.3) is 0 Å². The molecule has 0 amide bonds. The SMILES string of the molecule is CN(C)/C=C/C=C1\CC/C(=C\c2ccn(C)c2)C1=O. The third kappa shape index (κ3) is 3.47. The van der Waals surface area contributed by atoms with E-state index in [-0.39, 0.29) is 5.78 Å². The number of hydrogen-bond acceptors (Lipinski definition) is 2. The lowest BCUT2D eigenvalue weighted by molar-refractivity contribution is -0.111. The van der Waals surface area contributed by atoms with Crippen LogP contribution in [0.1, 0.15) is 18.4 Å². The molecule has 0 unspecified atom stereocenters.